The van der Waals surface area contributed by atoms with Gasteiger partial charge in [0.25, 0.3) is 0 Å². The Morgan fingerprint density at radius 1 is 0.326 bits per heavy atom. The second-order valence-corrected chi connectivity index (χ2v) is 12.6. The Hall–Kier alpha value is -5.70. The summed E-state index contributed by atoms with van der Waals surface area (Å²) in [5.74, 6) is 0. The van der Waals surface area contributed by atoms with E-state index in [0.717, 1.165) is 33.1 Å². The van der Waals surface area contributed by atoms with Gasteiger partial charge in [0.15, 0.2) is 0 Å². The van der Waals surface area contributed by atoms with Crippen molar-refractivity contribution in [2.75, 3.05) is 0 Å². The van der Waals surface area contributed by atoms with E-state index in [1.165, 1.54) is 53.9 Å². The van der Waals surface area contributed by atoms with Crippen molar-refractivity contribution in [3.63, 3.8) is 0 Å². The number of rotatable bonds is 5. The normalized spacial score (nSPS) is 11.5. The van der Waals surface area contributed by atoms with Crippen molar-refractivity contribution in [2.24, 2.45) is 0 Å². The average molecular weight is 605 g/mol. The summed E-state index contributed by atoms with van der Waals surface area (Å²) in [6, 6.07) is 60.8. The zero-order chi connectivity index (χ0) is 30.5. The van der Waals surface area contributed by atoms with Crippen molar-refractivity contribution in [2.45, 2.75) is 0 Å². The van der Waals surface area contributed by atoms with E-state index in [2.05, 4.69) is 164 Å². The first-order chi connectivity index (χ1) is 22.8. The van der Waals surface area contributed by atoms with E-state index in [-0.39, 0.29) is 0 Å². The Balaban J connectivity index is 1.31. The summed E-state index contributed by atoms with van der Waals surface area (Å²) in [4.78, 5) is 2.56. The SMILES string of the molecule is c1ccc(-c2ccccc2-c2sc(-c3cc(-c4cccc5c4oc4ccccc45)ccc3-c3ccccc3)c3ccccc23)cc1. The first kappa shape index (κ1) is 26.7. The van der Waals surface area contributed by atoms with Gasteiger partial charge in [-0.25, -0.2) is 0 Å². The molecule has 46 heavy (non-hydrogen) atoms. The van der Waals surface area contributed by atoms with Crippen LogP contribution in [0.25, 0.3) is 87.0 Å². The summed E-state index contributed by atoms with van der Waals surface area (Å²) in [5.41, 5.74) is 11.5. The molecule has 2 heterocycles. The molecule has 0 fully saturated rings. The molecule has 0 N–H and O–H groups in total. The zero-order valence-corrected chi connectivity index (χ0v) is 25.8. The van der Waals surface area contributed by atoms with Gasteiger partial charge in [0.05, 0.1) is 0 Å². The first-order valence-electron chi connectivity index (χ1n) is 15.6. The van der Waals surface area contributed by atoms with E-state index in [0.29, 0.717) is 0 Å². The third kappa shape index (κ3) is 4.38. The Morgan fingerprint density at radius 3 is 1.57 bits per heavy atom. The fraction of sp³-hybridized carbons (Fsp3) is 0. The molecule has 9 aromatic rings. The van der Waals surface area contributed by atoms with Gasteiger partial charge in [0, 0.05) is 48.0 Å². The Bertz CT molecular complexity index is 2520. The summed E-state index contributed by atoms with van der Waals surface area (Å²) in [6.45, 7) is 0. The van der Waals surface area contributed by atoms with Crippen molar-refractivity contribution in [3.8, 4) is 54.3 Å². The fourth-order valence-corrected chi connectivity index (χ4v) is 8.13. The van der Waals surface area contributed by atoms with Gasteiger partial charge in [-0.05, 0) is 39.9 Å². The van der Waals surface area contributed by atoms with Crippen molar-refractivity contribution < 1.29 is 4.42 Å². The van der Waals surface area contributed by atoms with E-state index in [4.69, 9.17) is 4.42 Å². The number of para-hydroxylation sites is 2. The maximum Gasteiger partial charge on any atom is 0.143 e. The second-order valence-electron chi connectivity index (χ2n) is 11.6. The number of fused-ring (bicyclic) bond motifs is 4. The van der Waals surface area contributed by atoms with Gasteiger partial charge in [-0.2, -0.15) is 0 Å². The number of thiophene rings is 1. The van der Waals surface area contributed by atoms with Crippen molar-refractivity contribution in [3.05, 3.63) is 170 Å². The molecular weight excluding hydrogens is 577 g/mol. The van der Waals surface area contributed by atoms with Crippen LogP contribution in [0.15, 0.2) is 174 Å². The molecule has 0 amide bonds. The largest absolute Gasteiger partial charge is 0.455 e. The third-order valence-electron chi connectivity index (χ3n) is 8.94. The van der Waals surface area contributed by atoms with Crippen molar-refractivity contribution in [1.29, 1.82) is 0 Å². The number of benzene rings is 7. The van der Waals surface area contributed by atoms with E-state index in [1.54, 1.807) is 0 Å². The summed E-state index contributed by atoms with van der Waals surface area (Å²) in [6.07, 6.45) is 0. The van der Waals surface area contributed by atoms with Crippen LogP contribution in [0.1, 0.15) is 0 Å². The smallest absolute Gasteiger partial charge is 0.143 e. The predicted octanol–water partition coefficient (Wildman–Crippen LogP) is 13.1. The summed E-state index contributed by atoms with van der Waals surface area (Å²) >= 11 is 1.88. The van der Waals surface area contributed by atoms with E-state index in [9.17, 15) is 0 Å². The number of hydrogen-bond donors (Lipinski definition) is 0. The average Bonchev–Trinajstić information content (AvgIpc) is 3.71. The molecule has 0 spiro atoms. The van der Waals surface area contributed by atoms with Crippen LogP contribution in [0.4, 0.5) is 0 Å². The predicted molar refractivity (Wildman–Crippen MR) is 196 cm³/mol. The highest BCUT2D eigenvalue weighted by molar-refractivity contribution is 7.21. The molecule has 0 aliphatic heterocycles. The van der Waals surface area contributed by atoms with Crippen LogP contribution in [0, 0.1) is 0 Å². The van der Waals surface area contributed by atoms with Gasteiger partial charge in [0.2, 0.25) is 0 Å². The monoisotopic (exact) mass is 604 g/mol. The molecule has 2 heteroatoms. The lowest BCUT2D eigenvalue weighted by Crippen LogP contribution is -1.87. The maximum atomic E-state index is 6.49. The van der Waals surface area contributed by atoms with Crippen LogP contribution in [0.3, 0.4) is 0 Å². The van der Waals surface area contributed by atoms with E-state index in [1.807, 2.05) is 17.4 Å². The highest BCUT2D eigenvalue weighted by atomic mass is 32.1. The summed E-state index contributed by atoms with van der Waals surface area (Å²) < 4.78 is 6.49. The van der Waals surface area contributed by atoms with Crippen LogP contribution in [-0.2, 0) is 0 Å². The lowest BCUT2D eigenvalue weighted by Gasteiger charge is -2.13. The standard InChI is InChI=1S/C44H28OS/c1-3-14-29(15-4-1)32-18-7-8-20-37(32)43-38-21-9-10-22-39(38)44(46-43)40-28-31(26-27-33(40)30-16-5-2-6-17-30)34-23-13-24-36-35-19-11-12-25-41(35)45-42(34)36/h1-28H. The summed E-state index contributed by atoms with van der Waals surface area (Å²) in [5, 5.41) is 4.82. The van der Waals surface area contributed by atoms with Crippen LogP contribution < -0.4 is 0 Å². The van der Waals surface area contributed by atoms with Gasteiger partial charge in [-0.3, -0.25) is 0 Å². The molecule has 2 aromatic heterocycles. The van der Waals surface area contributed by atoms with Gasteiger partial charge in [0.1, 0.15) is 11.2 Å². The summed E-state index contributed by atoms with van der Waals surface area (Å²) in [7, 11) is 0. The third-order valence-corrected chi connectivity index (χ3v) is 10.2. The van der Waals surface area contributed by atoms with E-state index < -0.39 is 0 Å². The fourth-order valence-electron chi connectivity index (χ4n) is 6.79. The lowest BCUT2D eigenvalue weighted by molar-refractivity contribution is 0.670. The van der Waals surface area contributed by atoms with E-state index >= 15 is 0 Å². The number of furan rings is 1. The van der Waals surface area contributed by atoms with Gasteiger partial charge < -0.3 is 4.42 Å². The molecule has 1 nitrogen and oxygen atoms in total. The lowest BCUT2D eigenvalue weighted by atomic mass is 9.92. The van der Waals surface area contributed by atoms with Gasteiger partial charge >= 0.3 is 0 Å². The molecule has 0 atom stereocenters. The van der Waals surface area contributed by atoms with Crippen LogP contribution in [-0.4, -0.2) is 0 Å². The molecular formula is C44H28OS. The molecule has 0 radical (unpaired) electrons. The highest BCUT2D eigenvalue weighted by Crippen LogP contribution is 2.49. The van der Waals surface area contributed by atoms with Crippen molar-refractivity contribution >= 4 is 44.0 Å². The maximum absolute atomic E-state index is 6.49. The minimum absolute atomic E-state index is 0.914. The molecule has 7 aromatic carbocycles. The van der Waals surface area contributed by atoms with Crippen LogP contribution in [0.2, 0.25) is 0 Å². The molecule has 216 valence electrons. The molecule has 9 rings (SSSR count). The number of hydrogen-bond acceptors (Lipinski definition) is 2. The second kappa shape index (κ2) is 11.0. The molecule has 0 saturated carbocycles. The first-order valence-corrected chi connectivity index (χ1v) is 16.4. The van der Waals surface area contributed by atoms with Gasteiger partial charge in [-0.1, -0.05) is 158 Å². The van der Waals surface area contributed by atoms with Crippen LogP contribution >= 0.6 is 11.3 Å². The molecule has 0 bridgehead atoms. The minimum atomic E-state index is 0.914. The molecule has 0 saturated heterocycles. The molecule has 0 unspecified atom stereocenters. The topological polar surface area (TPSA) is 13.1 Å². The Kier molecular flexibility index (Phi) is 6.40. The zero-order valence-electron chi connectivity index (χ0n) is 25.0. The van der Waals surface area contributed by atoms with Gasteiger partial charge in [-0.15, -0.1) is 11.3 Å². The van der Waals surface area contributed by atoms with Crippen LogP contribution in [0.5, 0.6) is 0 Å². The highest BCUT2D eigenvalue weighted by Gasteiger charge is 2.21. The van der Waals surface area contributed by atoms with Crippen molar-refractivity contribution in [1.82, 2.24) is 0 Å². The Labute approximate surface area is 271 Å². The molecule has 0 aliphatic rings. The Morgan fingerprint density at radius 2 is 0.848 bits per heavy atom. The minimum Gasteiger partial charge on any atom is -0.455 e. The molecule has 0 aliphatic carbocycles. The quantitative estimate of drug-likeness (QED) is 0.190.